The van der Waals surface area contributed by atoms with Crippen molar-refractivity contribution in [3.05, 3.63) is 22.7 Å². The number of likely N-dealkylation sites (tertiary alicyclic amines) is 1. The number of methoxy groups -OCH3 is 1. The van der Waals surface area contributed by atoms with Gasteiger partial charge in [0.05, 0.1) is 24.2 Å². The second kappa shape index (κ2) is 8.16. The molecule has 7 heteroatoms. The molecule has 0 spiro atoms. The molecule has 0 aromatic heterocycles. The molecule has 1 fully saturated rings. The first-order valence-electron chi connectivity index (χ1n) is 8.71. The zero-order valence-electron chi connectivity index (χ0n) is 15.7. The van der Waals surface area contributed by atoms with Gasteiger partial charge in [-0.15, -0.1) is 0 Å². The van der Waals surface area contributed by atoms with E-state index in [2.05, 4.69) is 0 Å². The van der Waals surface area contributed by atoms with Crippen molar-refractivity contribution in [3.8, 4) is 11.5 Å². The molecule has 1 saturated heterocycles. The SMILES string of the molecule is COc1cc(C(=O)N2CCCC(C)(C(=O)O)C2)cc(Cl)c1OCC(C)C. The maximum absolute atomic E-state index is 12.9. The lowest BCUT2D eigenvalue weighted by Crippen LogP contribution is -2.48. The number of aliphatic carboxylic acids is 1. The Morgan fingerprint density at radius 3 is 2.65 bits per heavy atom. The summed E-state index contributed by atoms with van der Waals surface area (Å²) in [6.07, 6.45) is 1.20. The lowest BCUT2D eigenvalue weighted by Gasteiger charge is -2.37. The standard InChI is InChI=1S/C19H26ClNO5/c1-12(2)10-26-16-14(20)8-13(9-15(16)25-4)17(22)21-7-5-6-19(3,11-21)18(23)24/h8-9,12H,5-7,10-11H2,1-4H3,(H,23,24). The number of carboxylic acids is 1. The quantitative estimate of drug-likeness (QED) is 0.810. The van der Waals surface area contributed by atoms with Gasteiger partial charge in [-0.1, -0.05) is 25.4 Å². The molecule has 0 saturated carbocycles. The third-order valence-corrected chi connectivity index (χ3v) is 4.82. The Kier molecular flexibility index (Phi) is 6.39. The summed E-state index contributed by atoms with van der Waals surface area (Å²) >= 11 is 6.32. The zero-order valence-corrected chi connectivity index (χ0v) is 16.4. The van der Waals surface area contributed by atoms with E-state index >= 15 is 0 Å². The van der Waals surface area contributed by atoms with Crippen molar-refractivity contribution in [2.75, 3.05) is 26.8 Å². The van der Waals surface area contributed by atoms with Crippen molar-refractivity contribution in [3.63, 3.8) is 0 Å². The minimum absolute atomic E-state index is 0.173. The number of carboxylic acid groups (broad SMARTS) is 1. The summed E-state index contributed by atoms with van der Waals surface area (Å²) in [6.45, 7) is 6.89. The van der Waals surface area contributed by atoms with Crippen molar-refractivity contribution in [2.45, 2.75) is 33.6 Å². The number of piperidine rings is 1. The third kappa shape index (κ3) is 4.41. The molecular formula is C19H26ClNO5. The van der Waals surface area contributed by atoms with Crippen LogP contribution in [0.15, 0.2) is 12.1 Å². The molecule has 1 heterocycles. The van der Waals surface area contributed by atoms with Gasteiger partial charge >= 0.3 is 5.97 Å². The summed E-state index contributed by atoms with van der Waals surface area (Å²) in [7, 11) is 1.49. The summed E-state index contributed by atoms with van der Waals surface area (Å²) in [5.41, 5.74) is -0.569. The summed E-state index contributed by atoms with van der Waals surface area (Å²) in [6, 6.07) is 3.14. The topological polar surface area (TPSA) is 76.1 Å². The molecule has 2 rings (SSSR count). The maximum Gasteiger partial charge on any atom is 0.311 e. The second-order valence-corrected chi connectivity index (χ2v) is 7.80. The van der Waals surface area contributed by atoms with Crippen LogP contribution in [0.25, 0.3) is 0 Å². The van der Waals surface area contributed by atoms with Crippen LogP contribution < -0.4 is 9.47 Å². The molecule has 6 nitrogen and oxygen atoms in total. The van der Waals surface area contributed by atoms with E-state index in [1.807, 2.05) is 13.8 Å². The predicted molar refractivity (Wildman–Crippen MR) is 99.2 cm³/mol. The largest absolute Gasteiger partial charge is 0.493 e. The van der Waals surface area contributed by atoms with E-state index in [0.29, 0.717) is 54.0 Å². The molecule has 1 atom stereocenters. The minimum Gasteiger partial charge on any atom is -0.493 e. The molecule has 0 radical (unpaired) electrons. The van der Waals surface area contributed by atoms with Crippen LogP contribution in [0.2, 0.25) is 5.02 Å². The highest BCUT2D eigenvalue weighted by Gasteiger charge is 2.39. The van der Waals surface area contributed by atoms with Gasteiger partial charge in [-0.3, -0.25) is 9.59 Å². The Bertz CT molecular complexity index is 691. The highest BCUT2D eigenvalue weighted by atomic mass is 35.5. The number of amides is 1. The second-order valence-electron chi connectivity index (χ2n) is 7.39. The van der Waals surface area contributed by atoms with Gasteiger partial charge in [0.1, 0.15) is 0 Å². The normalized spacial score (nSPS) is 20.2. The number of ether oxygens (including phenoxy) is 2. The molecule has 1 aliphatic rings. The van der Waals surface area contributed by atoms with Gasteiger partial charge < -0.3 is 19.5 Å². The Morgan fingerprint density at radius 2 is 2.08 bits per heavy atom. The van der Waals surface area contributed by atoms with E-state index in [0.717, 1.165) is 0 Å². The average Bonchev–Trinajstić information content (AvgIpc) is 2.59. The van der Waals surface area contributed by atoms with Crippen LogP contribution in [0.4, 0.5) is 0 Å². The van der Waals surface area contributed by atoms with Crippen LogP contribution in [0, 0.1) is 11.3 Å². The van der Waals surface area contributed by atoms with Crippen LogP contribution in [0.1, 0.15) is 44.0 Å². The molecule has 1 N–H and O–H groups in total. The number of hydrogen-bond donors (Lipinski definition) is 1. The fourth-order valence-electron chi connectivity index (χ4n) is 3.00. The van der Waals surface area contributed by atoms with Crippen molar-refractivity contribution in [1.82, 2.24) is 4.90 Å². The fraction of sp³-hybridized carbons (Fsp3) is 0.579. The van der Waals surface area contributed by atoms with Crippen LogP contribution >= 0.6 is 11.6 Å². The lowest BCUT2D eigenvalue weighted by molar-refractivity contribution is -0.150. The number of halogens is 1. The molecule has 0 aliphatic carbocycles. The Hall–Kier alpha value is -1.95. The van der Waals surface area contributed by atoms with Crippen LogP contribution in [-0.2, 0) is 4.79 Å². The minimum atomic E-state index is -0.928. The van der Waals surface area contributed by atoms with Gasteiger partial charge in [0.25, 0.3) is 5.91 Å². The van der Waals surface area contributed by atoms with E-state index in [4.69, 9.17) is 21.1 Å². The number of rotatable bonds is 6. The maximum atomic E-state index is 12.9. The Balaban J connectivity index is 2.26. The molecule has 1 unspecified atom stereocenters. The zero-order chi connectivity index (χ0) is 19.5. The Morgan fingerprint density at radius 1 is 1.38 bits per heavy atom. The first kappa shape index (κ1) is 20.4. The summed E-state index contributed by atoms with van der Waals surface area (Å²) in [5.74, 6) is -0.0251. The molecular weight excluding hydrogens is 358 g/mol. The van der Waals surface area contributed by atoms with Crippen LogP contribution in [0.5, 0.6) is 11.5 Å². The molecule has 1 amide bonds. The van der Waals surface area contributed by atoms with E-state index in [-0.39, 0.29) is 12.5 Å². The monoisotopic (exact) mass is 383 g/mol. The molecule has 0 bridgehead atoms. The smallest absolute Gasteiger partial charge is 0.311 e. The van der Waals surface area contributed by atoms with E-state index < -0.39 is 11.4 Å². The van der Waals surface area contributed by atoms with Gasteiger partial charge in [0.15, 0.2) is 11.5 Å². The highest BCUT2D eigenvalue weighted by Crippen LogP contribution is 2.38. The molecule has 1 aliphatic heterocycles. The van der Waals surface area contributed by atoms with Crippen LogP contribution in [0.3, 0.4) is 0 Å². The van der Waals surface area contributed by atoms with Gasteiger partial charge in [-0.25, -0.2) is 0 Å². The van der Waals surface area contributed by atoms with E-state index in [9.17, 15) is 14.7 Å². The molecule has 144 valence electrons. The average molecular weight is 384 g/mol. The number of hydrogen-bond acceptors (Lipinski definition) is 4. The summed E-state index contributed by atoms with van der Waals surface area (Å²) < 4.78 is 11.0. The van der Waals surface area contributed by atoms with Gasteiger partial charge in [0, 0.05) is 18.7 Å². The van der Waals surface area contributed by atoms with E-state index in [1.54, 1.807) is 24.0 Å². The lowest BCUT2D eigenvalue weighted by atomic mass is 9.82. The number of carbonyl (C=O) groups excluding carboxylic acids is 1. The predicted octanol–water partition coefficient (Wildman–Crippen LogP) is 3.71. The van der Waals surface area contributed by atoms with Crippen LogP contribution in [-0.4, -0.2) is 48.7 Å². The number of carbonyl (C=O) groups is 2. The van der Waals surface area contributed by atoms with Crippen molar-refractivity contribution < 1.29 is 24.2 Å². The Labute approximate surface area is 159 Å². The van der Waals surface area contributed by atoms with Gasteiger partial charge in [-0.05, 0) is 37.8 Å². The first-order valence-corrected chi connectivity index (χ1v) is 9.08. The van der Waals surface area contributed by atoms with E-state index in [1.165, 1.54) is 7.11 Å². The summed E-state index contributed by atoms with van der Waals surface area (Å²) in [4.78, 5) is 26.0. The van der Waals surface area contributed by atoms with Gasteiger partial charge in [0.2, 0.25) is 0 Å². The highest BCUT2D eigenvalue weighted by molar-refractivity contribution is 6.32. The first-order chi connectivity index (χ1) is 12.2. The molecule has 26 heavy (non-hydrogen) atoms. The van der Waals surface area contributed by atoms with Crippen molar-refractivity contribution in [1.29, 1.82) is 0 Å². The molecule has 1 aromatic rings. The molecule has 1 aromatic carbocycles. The van der Waals surface area contributed by atoms with Gasteiger partial charge in [-0.2, -0.15) is 0 Å². The number of nitrogens with zero attached hydrogens (tertiary/aromatic N) is 1. The summed E-state index contributed by atoms with van der Waals surface area (Å²) in [5, 5.41) is 9.74. The van der Waals surface area contributed by atoms with Crippen molar-refractivity contribution in [2.24, 2.45) is 11.3 Å². The fourth-order valence-corrected chi connectivity index (χ4v) is 3.27. The van der Waals surface area contributed by atoms with Crippen molar-refractivity contribution >= 4 is 23.5 Å². The number of benzene rings is 1. The third-order valence-electron chi connectivity index (χ3n) is 4.54.